The Balaban J connectivity index is 2.19. The Labute approximate surface area is 102 Å². The molecule has 2 aromatic rings. The Hall–Kier alpha value is -2.63. The van der Waals surface area contributed by atoms with E-state index < -0.39 is 5.91 Å². The Bertz CT molecular complexity index is 635. The van der Waals surface area contributed by atoms with Crippen molar-refractivity contribution in [2.24, 2.45) is 0 Å². The van der Waals surface area contributed by atoms with Crippen molar-refractivity contribution in [2.75, 3.05) is 5.32 Å². The third-order valence-corrected chi connectivity index (χ3v) is 2.29. The molecule has 2 rings (SSSR count). The van der Waals surface area contributed by atoms with Crippen LogP contribution in [0.5, 0.6) is 0 Å². The van der Waals surface area contributed by atoms with E-state index in [0.717, 1.165) is 6.20 Å². The Morgan fingerprint density at radius 2 is 1.89 bits per heavy atom. The number of pyridine rings is 1. The van der Waals surface area contributed by atoms with Gasteiger partial charge in [0, 0.05) is 5.69 Å². The summed E-state index contributed by atoms with van der Waals surface area (Å²) < 4.78 is 13.2. The molecule has 1 amide bonds. The van der Waals surface area contributed by atoms with Crippen molar-refractivity contribution >= 4 is 11.6 Å². The normalized spacial score (nSPS) is 10.1. The fourth-order valence-electron chi connectivity index (χ4n) is 1.36. The summed E-state index contributed by atoms with van der Waals surface area (Å²) in [5.74, 6) is -0.843. The first-order valence-corrected chi connectivity index (χ1v) is 5.10. The molecule has 18 heavy (non-hydrogen) atoms. The summed E-state index contributed by atoms with van der Waals surface area (Å²) in [7, 11) is 0. The molecule has 0 saturated carbocycles. The average Bonchev–Trinajstić information content (AvgIpc) is 2.35. The van der Waals surface area contributed by atoms with Crippen molar-refractivity contribution in [1.29, 1.82) is 5.41 Å². The van der Waals surface area contributed by atoms with E-state index in [-0.39, 0.29) is 16.9 Å². The van der Waals surface area contributed by atoms with Crippen molar-refractivity contribution < 1.29 is 14.4 Å². The summed E-state index contributed by atoms with van der Waals surface area (Å²) >= 11 is 0. The Kier molecular flexibility index (Phi) is 3.09. The molecule has 1 aromatic heterocycles. The number of hydrogen-bond acceptors (Lipinski definition) is 3. The van der Waals surface area contributed by atoms with Crippen molar-refractivity contribution in [1.82, 2.24) is 4.73 Å². The molecular weight excluding hydrogens is 237 g/mol. The van der Waals surface area contributed by atoms with Crippen LogP contribution in [0.15, 0.2) is 42.6 Å². The molecule has 0 spiro atoms. The number of rotatable bonds is 2. The third-order valence-electron chi connectivity index (χ3n) is 2.29. The van der Waals surface area contributed by atoms with E-state index in [1.54, 1.807) is 0 Å². The lowest BCUT2D eigenvalue weighted by molar-refractivity contribution is 0.102. The van der Waals surface area contributed by atoms with E-state index in [2.05, 4.69) is 5.32 Å². The highest BCUT2D eigenvalue weighted by molar-refractivity contribution is 6.03. The van der Waals surface area contributed by atoms with Crippen LogP contribution in [0.3, 0.4) is 0 Å². The predicted molar refractivity (Wildman–Crippen MR) is 61.8 cm³/mol. The molecule has 5 nitrogen and oxygen atoms in total. The SMILES string of the molecule is N=c1ccc(C(=O)Nc2ccc(F)cc2)cn1O. The first-order valence-electron chi connectivity index (χ1n) is 5.10. The van der Waals surface area contributed by atoms with Gasteiger partial charge < -0.3 is 10.5 Å². The third kappa shape index (κ3) is 2.54. The molecule has 0 atom stereocenters. The molecule has 3 N–H and O–H groups in total. The van der Waals surface area contributed by atoms with Crippen LogP contribution in [-0.2, 0) is 0 Å². The molecule has 0 aliphatic rings. The fraction of sp³-hybridized carbons (Fsp3) is 0. The van der Waals surface area contributed by atoms with Crippen LogP contribution in [0.4, 0.5) is 10.1 Å². The molecule has 0 aliphatic carbocycles. The summed E-state index contributed by atoms with van der Waals surface area (Å²) in [5.41, 5.74) is 0.506. The molecule has 0 unspecified atom stereocenters. The molecule has 1 heterocycles. The maximum atomic E-state index is 12.7. The van der Waals surface area contributed by atoms with Crippen LogP contribution in [0.1, 0.15) is 10.4 Å². The number of amides is 1. The minimum atomic E-state index is -0.454. The number of hydrogen-bond donors (Lipinski definition) is 3. The maximum absolute atomic E-state index is 12.7. The van der Waals surface area contributed by atoms with Gasteiger partial charge in [-0.25, -0.2) is 4.39 Å². The monoisotopic (exact) mass is 247 g/mol. The second-order valence-electron chi connectivity index (χ2n) is 3.61. The number of carbonyl (C=O) groups is 1. The lowest BCUT2D eigenvalue weighted by Crippen LogP contribution is -2.20. The summed E-state index contributed by atoms with van der Waals surface area (Å²) in [6, 6.07) is 8.02. The lowest BCUT2D eigenvalue weighted by Gasteiger charge is -2.06. The average molecular weight is 247 g/mol. The van der Waals surface area contributed by atoms with E-state index >= 15 is 0 Å². The highest BCUT2D eigenvalue weighted by Gasteiger charge is 2.07. The second-order valence-corrected chi connectivity index (χ2v) is 3.61. The number of anilines is 1. The molecule has 0 fully saturated rings. The van der Waals surface area contributed by atoms with E-state index in [4.69, 9.17) is 5.41 Å². The number of benzene rings is 1. The van der Waals surface area contributed by atoms with Crippen LogP contribution >= 0.6 is 0 Å². The van der Waals surface area contributed by atoms with Gasteiger partial charge in [-0.15, -0.1) is 0 Å². The highest BCUT2D eigenvalue weighted by atomic mass is 19.1. The zero-order chi connectivity index (χ0) is 13.1. The van der Waals surface area contributed by atoms with Gasteiger partial charge >= 0.3 is 0 Å². The molecule has 92 valence electrons. The number of halogens is 1. The lowest BCUT2D eigenvalue weighted by atomic mass is 10.2. The maximum Gasteiger partial charge on any atom is 0.257 e. The van der Waals surface area contributed by atoms with Gasteiger partial charge in [0.25, 0.3) is 5.91 Å². The zero-order valence-corrected chi connectivity index (χ0v) is 9.22. The van der Waals surface area contributed by atoms with E-state index in [0.29, 0.717) is 10.4 Å². The van der Waals surface area contributed by atoms with Gasteiger partial charge in [-0.1, -0.05) is 0 Å². The first-order chi connectivity index (χ1) is 8.56. The van der Waals surface area contributed by atoms with Crippen molar-refractivity contribution in [3.8, 4) is 0 Å². The topological polar surface area (TPSA) is 78.1 Å². The Morgan fingerprint density at radius 1 is 1.22 bits per heavy atom. The van der Waals surface area contributed by atoms with Gasteiger partial charge in [0.05, 0.1) is 11.8 Å². The van der Waals surface area contributed by atoms with Crippen LogP contribution < -0.4 is 10.8 Å². The highest BCUT2D eigenvalue weighted by Crippen LogP contribution is 2.09. The molecule has 6 heteroatoms. The molecule has 0 aliphatic heterocycles. The quantitative estimate of drug-likeness (QED) is 0.705. The number of nitrogens with one attached hydrogen (secondary N) is 2. The number of nitrogens with zero attached hydrogens (tertiary/aromatic N) is 1. The molecule has 0 bridgehead atoms. The van der Waals surface area contributed by atoms with E-state index in [1.165, 1.54) is 36.4 Å². The van der Waals surface area contributed by atoms with Gasteiger partial charge in [-0.05, 0) is 36.4 Å². The Morgan fingerprint density at radius 3 is 2.50 bits per heavy atom. The van der Waals surface area contributed by atoms with Crippen LogP contribution in [0.25, 0.3) is 0 Å². The van der Waals surface area contributed by atoms with Gasteiger partial charge in [0.1, 0.15) is 5.82 Å². The zero-order valence-electron chi connectivity index (χ0n) is 9.22. The van der Waals surface area contributed by atoms with E-state index in [9.17, 15) is 14.4 Å². The largest absolute Gasteiger partial charge is 0.427 e. The first kappa shape index (κ1) is 11.8. The van der Waals surface area contributed by atoms with Crippen molar-refractivity contribution in [2.45, 2.75) is 0 Å². The van der Waals surface area contributed by atoms with E-state index in [1.807, 2.05) is 0 Å². The summed E-state index contributed by atoms with van der Waals surface area (Å²) in [6.07, 6.45) is 1.13. The van der Waals surface area contributed by atoms with Crippen molar-refractivity contribution in [3.05, 3.63) is 59.5 Å². The van der Waals surface area contributed by atoms with Crippen LogP contribution in [0.2, 0.25) is 0 Å². The summed E-state index contributed by atoms with van der Waals surface area (Å²) in [4.78, 5) is 11.8. The smallest absolute Gasteiger partial charge is 0.257 e. The predicted octanol–water partition coefficient (Wildman–Crippen LogP) is 1.60. The minimum absolute atomic E-state index is 0.131. The standard InChI is InChI=1S/C12H10FN3O2/c13-9-2-4-10(5-3-9)15-12(17)8-1-6-11(14)16(18)7-8/h1-7,14,18H,(H,15,17). The van der Waals surface area contributed by atoms with Crippen molar-refractivity contribution in [3.63, 3.8) is 0 Å². The van der Waals surface area contributed by atoms with Gasteiger partial charge in [0.15, 0.2) is 5.49 Å². The molecule has 0 radical (unpaired) electrons. The van der Waals surface area contributed by atoms with Crippen LogP contribution in [0, 0.1) is 11.2 Å². The van der Waals surface area contributed by atoms with Gasteiger partial charge in [-0.2, -0.15) is 4.73 Å². The number of aromatic nitrogens is 1. The summed E-state index contributed by atoms with van der Waals surface area (Å²) in [5, 5.41) is 19.0. The van der Waals surface area contributed by atoms with Gasteiger partial charge in [-0.3, -0.25) is 10.2 Å². The number of carbonyl (C=O) groups excluding carboxylic acids is 1. The molecule has 1 aromatic carbocycles. The summed E-state index contributed by atoms with van der Waals surface area (Å²) in [6.45, 7) is 0. The van der Waals surface area contributed by atoms with Crippen LogP contribution in [-0.4, -0.2) is 15.8 Å². The fourth-order valence-corrected chi connectivity index (χ4v) is 1.36. The second kappa shape index (κ2) is 4.70. The van der Waals surface area contributed by atoms with Gasteiger partial charge in [0.2, 0.25) is 0 Å². The molecule has 0 saturated heterocycles. The minimum Gasteiger partial charge on any atom is -0.427 e. The molecular formula is C12H10FN3O2.